The highest BCUT2D eigenvalue weighted by molar-refractivity contribution is 7.08. The first-order valence-electron chi connectivity index (χ1n) is 8.21. The van der Waals surface area contributed by atoms with Crippen LogP contribution in [0, 0.1) is 0 Å². The van der Waals surface area contributed by atoms with Crippen molar-refractivity contribution in [3.8, 4) is 0 Å². The van der Waals surface area contributed by atoms with Gasteiger partial charge in [-0.05, 0) is 35.7 Å². The number of thiophene rings is 1. The Morgan fingerprint density at radius 3 is 2.40 bits per heavy atom. The van der Waals surface area contributed by atoms with Gasteiger partial charge < -0.3 is 10.2 Å². The zero-order chi connectivity index (χ0) is 17.6. The lowest BCUT2D eigenvalue weighted by atomic mass is 10.2. The Balaban J connectivity index is 1.40. The van der Waals surface area contributed by atoms with Crippen molar-refractivity contribution in [2.24, 2.45) is 0 Å². The van der Waals surface area contributed by atoms with Gasteiger partial charge in [0.1, 0.15) is 0 Å². The summed E-state index contributed by atoms with van der Waals surface area (Å²) >= 11 is 7.38. The molecule has 0 saturated carbocycles. The van der Waals surface area contributed by atoms with Crippen LogP contribution in [0.15, 0.2) is 41.1 Å². The molecule has 1 aliphatic rings. The maximum Gasteiger partial charge on any atom is 0.253 e. The number of rotatable bonds is 5. The molecule has 132 valence electrons. The monoisotopic (exact) mass is 377 g/mol. The highest BCUT2D eigenvalue weighted by Crippen LogP contribution is 2.13. The van der Waals surface area contributed by atoms with Gasteiger partial charge in [-0.25, -0.2) is 0 Å². The molecular formula is C18H20ClN3O2S. The number of carbonyl (C=O) groups is 2. The summed E-state index contributed by atoms with van der Waals surface area (Å²) in [7, 11) is 0. The largest absolute Gasteiger partial charge is 0.351 e. The first-order chi connectivity index (χ1) is 12.1. The fraction of sp³-hybridized carbons (Fsp3) is 0.333. The van der Waals surface area contributed by atoms with Crippen LogP contribution in [0.3, 0.4) is 0 Å². The van der Waals surface area contributed by atoms with Crippen molar-refractivity contribution in [1.29, 1.82) is 0 Å². The predicted molar refractivity (Wildman–Crippen MR) is 100 cm³/mol. The normalized spacial score (nSPS) is 15.2. The van der Waals surface area contributed by atoms with Gasteiger partial charge in [0.25, 0.3) is 11.8 Å². The second-order valence-electron chi connectivity index (χ2n) is 5.91. The number of carbonyl (C=O) groups excluding carboxylic acids is 2. The Morgan fingerprint density at radius 2 is 1.76 bits per heavy atom. The van der Waals surface area contributed by atoms with Crippen molar-refractivity contribution in [3.63, 3.8) is 0 Å². The van der Waals surface area contributed by atoms with Crippen LogP contribution in [0.2, 0.25) is 5.02 Å². The molecule has 2 amide bonds. The summed E-state index contributed by atoms with van der Waals surface area (Å²) in [5, 5.41) is 7.30. The Hall–Kier alpha value is -1.89. The maximum atomic E-state index is 12.5. The third kappa shape index (κ3) is 4.81. The number of hydrogen-bond donors (Lipinski definition) is 1. The van der Waals surface area contributed by atoms with Crippen molar-refractivity contribution in [2.75, 3.05) is 39.3 Å². The summed E-state index contributed by atoms with van der Waals surface area (Å²) in [6.07, 6.45) is 0. The third-order valence-corrected chi connectivity index (χ3v) is 5.18. The lowest BCUT2D eigenvalue weighted by Gasteiger charge is -2.34. The molecule has 3 rings (SSSR count). The lowest BCUT2D eigenvalue weighted by molar-refractivity contribution is 0.0638. The number of benzene rings is 1. The van der Waals surface area contributed by atoms with E-state index in [9.17, 15) is 9.59 Å². The molecule has 0 bridgehead atoms. The van der Waals surface area contributed by atoms with E-state index in [-0.39, 0.29) is 11.8 Å². The number of hydrogen-bond acceptors (Lipinski definition) is 4. The van der Waals surface area contributed by atoms with Crippen LogP contribution in [0.25, 0.3) is 0 Å². The van der Waals surface area contributed by atoms with Gasteiger partial charge in [-0.1, -0.05) is 11.6 Å². The second-order valence-corrected chi connectivity index (χ2v) is 7.13. The van der Waals surface area contributed by atoms with Gasteiger partial charge in [0, 0.05) is 60.8 Å². The van der Waals surface area contributed by atoms with E-state index in [4.69, 9.17) is 11.6 Å². The number of nitrogens with zero attached hydrogens (tertiary/aromatic N) is 2. The van der Waals surface area contributed by atoms with Gasteiger partial charge in [0.15, 0.2) is 0 Å². The Bertz CT molecular complexity index is 710. The van der Waals surface area contributed by atoms with Gasteiger partial charge in [-0.3, -0.25) is 14.5 Å². The maximum absolute atomic E-state index is 12.5. The van der Waals surface area contributed by atoms with Crippen LogP contribution < -0.4 is 5.32 Å². The van der Waals surface area contributed by atoms with E-state index in [0.29, 0.717) is 35.8 Å². The van der Waals surface area contributed by atoms with Crippen molar-refractivity contribution in [3.05, 3.63) is 57.2 Å². The number of piperazine rings is 1. The first kappa shape index (κ1) is 17.9. The molecule has 0 atom stereocenters. The zero-order valence-corrected chi connectivity index (χ0v) is 15.4. The summed E-state index contributed by atoms with van der Waals surface area (Å²) in [5.74, 6) is 0.0138. The summed E-state index contributed by atoms with van der Waals surface area (Å²) in [6, 6.07) is 8.82. The molecule has 7 heteroatoms. The molecule has 2 heterocycles. The van der Waals surface area contributed by atoms with E-state index < -0.39 is 0 Å². The smallest absolute Gasteiger partial charge is 0.253 e. The molecule has 1 saturated heterocycles. The van der Waals surface area contributed by atoms with Crippen molar-refractivity contribution in [2.45, 2.75) is 0 Å². The summed E-state index contributed by atoms with van der Waals surface area (Å²) < 4.78 is 0. The Morgan fingerprint density at radius 1 is 1.04 bits per heavy atom. The van der Waals surface area contributed by atoms with E-state index in [1.807, 2.05) is 21.7 Å². The fourth-order valence-corrected chi connectivity index (χ4v) is 3.53. The van der Waals surface area contributed by atoms with E-state index in [2.05, 4.69) is 10.2 Å². The van der Waals surface area contributed by atoms with Crippen LogP contribution in [-0.4, -0.2) is 60.9 Å². The molecule has 0 spiro atoms. The average molecular weight is 378 g/mol. The van der Waals surface area contributed by atoms with Crippen molar-refractivity contribution >= 4 is 34.8 Å². The molecule has 1 aliphatic heterocycles. The average Bonchev–Trinajstić information content (AvgIpc) is 3.17. The molecule has 0 radical (unpaired) electrons. The van der Waals surface area contributed by atoms with E-state index in [1.165, 1.54) is 11.3 Å². The molecule has 1 aromatic heterocycles. The molecule has 2 aromatic rings. The van der Waals surface area contributed by atoms with Gasteiger partial charge in [-0.2, -0.15) is 11.3 Å². The van der Waals surface area contributed by atoms with E-state index in [0.717, 1.165) is 19.6 Å². The van der Waals surface area contributed by atoms with Crippen molar-refractivity contribution in [1.82, 2.24) is 15.1 Å². The van der Waals surface area contributed by atoms with Gasteiger partial charge in [-0.15, -0.1) is 0 Å². The molecule has 5 nitrogen and oxygen atoms in total. The predicted octanol–water partition coefficient (Wildman–Crippen LogP) is 2.59. The summed E-state index contributed by atoms with van der Waals surface area (Å²) in [4.78, 5) is 28.5. The molecular weight excluding hydrogens is 358 g/mol. The lowest BCUT2D eigenvalue weighted by Crippen LogP contribution is -2.50. The van der Waals surface area contributed by atoms with Gasteiger partial charge >= 0.3 is 0 Å². The minimum absolute atomic E-state index is 0.0298. The standard InChI is InChI=1S/C18H20ClN3O2S/c19-16-3-1-14(2-4-16)18(24)22-10-8-21(9-11-22)7-6-20-17(23)15-5-12-25-13-15/h1-5,12-13H,6-11H2,(H,20,23). The number of nitrogens with one attached hydrogen (secondary N) is 1. The number of amides is 2. The van der Waals surface area contributed by atoms with Crippen LogP contribution in [-0.2, 0) is 0 Å². The van der Waals surface area contributed by atoms with Gasteiger partial charge in [0.2, 0.25) is 0 Å². The van der Waals surface area contributed by atoms with Crippen LogP contribution in [0.5, 0.6) is 0 Å². The molecule has 1 aromatic carbocycles. The van der Waals surface area contributed by atoms with E-state index >= 15 is 0 Å². The Kier molecular flexibility index (Phi) is 6.07. The summed E-state index contributed by atoms with van der Waals surface area (Å²) in [5.41, 5.74) is 1.38. The van der Waals surface area contributed by atoms with Crippen LogP contribution in [0.1, 0.15) is 20.7 Å². The highest BCUT2D eigenvalue weighted by Gasteiger charge is 2.21. The summed E-state index contributed by atoms with van der Waals surface area (Å²) in [6.45, 7) is 4.42. The molecule has 1 N–H and O–H groups in total. The Labute approximate surface area is 156 Å². The highest BCUT2D eigenvalue weighted by atomic mass is 35.5. The van der Waals surface area contributed by atoms with Crippen LogP contribution in [0.4, 0.5) is 0 Å². The molecule has 0 unspecified atom stereocenters. The second kappa shape index (κ2) is 8.47. The van der Waals surface area contributed by atoms with Crippen molar-refractivity contribution < 1.29 is 9.59 Å². The van der Waals surface area contributed by atoms with Crippen LogP contribution >= 0.6 is 22.9 Å². The molecule has 1 fully saturated rings. The van der Waals surface area contributed by atoms with E-state index in [1.54, 1.807) is 24.3 Å². The quantitative estimate of drug-likeness (QED) is 0.871. The minimum atomic E-state index is -0.0298. The third-order valence-electron chi connectivity index (χ3n) is 4.25. The molecule has 25 heavy (non-hydrogen) atoms. The first-order valence-corrected chi connectivity index (χ1v) is 9.53. The SMILES string of the molecule is O=C(NCCN1CCN(C(=O)c2ccc(Cl)cc2)CC1)c1ccsc1. The molecule has 0 aliphatic carbocycles. The fourth-order valence-electron chi connectivity index (χ4n) is 2.77. The minimum Gasteiger partial charge on any atom is -0.351 e. The zero-order valence-electron chi connectivity index (χ0n) is 13.8. The topological polar surface area (TPSA) is 52.7 Å². The number of halogens is 1. The van der Waals surface area contributed by atoms with Gasteiger partial charge in [0.05, 0.1) is 0 Å².